The highest BCUT2D eigenvalue weighted by Gasteiger charge is 2.29. The Bertz CT molecular complexity index is 460. The second-order valence-corrected chi connectivity index (χ2v) is 3.07. The standard InChI is InChI=1S/C11H8O4/c12-5-1-2-7-3-4-8-9(6-7)11(14)15-10(8)13/h1-4,6,12H,5H2. The molecule has 0 aromatic heterocycles. The van der Waals surface area contributed by atoms with Gasteiger partial charge in [-0.2, -0.15) is 0 Å². The van der Waals surface area contributed by atoms with Crippen molar-refractivity contribution in [2.45, 2.75) is 0 Å². The van der Waals surface area contributed by atoms with E-state index in [2.05, 4.69) is 4.74 Å². The first-order valence-corrected chi connectivity index (χ1v) is 4.40. The van der Waals surface area contributed by atoms with E-state index in [9.17, 15) is 9.59 Å². The molecule has 15 heavy (non-hydrogen) atoms. The second kappa shape index (κ2) is 3.67. The minimum absolute atomic E-state index is 0.0690. The summed E-state index contributed by atoms with van der Waals surface area (Å²) in [7, 11) is 0. The van der Waals surface area contributed by atoms with Gasteiger partial charge in [0.15, 0.2) is 0 Å². The Labute approximate surface area is 85.8 Å². The fourth-order valence-corrected chi connectivity index (χ4v) is 1.40. The van der Waals surface area contributed by atoms with Crippen molar-refractivity contribution in [2.75, 3.05) is 6.61 Å². The molecule has 4 nitrogen and oxygen atoms in total. The van der Waals surface area contributed by atoms with Gasteiger partial charge < -0.3 is 9.84 Å². The van der Waals surface area contributed by atoms with E-state index in [1.807, 2.05) is 0 Å². The first-order valence-electron chi connectivity index (χ1n) is 4.40. The summed E-state index contributed by atoms with van der Waals surface area (Å²) in [6, 6.07) is 4.79. The maximum Gasteiger partial charge on any atom is 0.346 e. The molecule has 76 valence electrons. The van der Waals surface area contributed by atoms with Crippen molar-refractivity contribution in [1.29, 1.82) is 0 Å². The zero-order valence-electron chi connectivity index (χ0n) is 7.77. The second-order valence-electron chi connectivity index (χ2n) is 3.07. The van der Waals surface area contributed by atoms with Crippen LogP contribution >= 0.6 is 0 Å². The quantitative estimate of drug-likeness (QED) is 0.576. The van der Waals surface area contributed by atoms with Gasteiger partial charge in [0.05, 0.1) is 17.7 Å². The lowest BCUT2D eigenvalue weighted by Crippen LogP contribution is -1.96. The predicted octanol–water partition coefficient (Wildman–Crippen LogP) is 1.00. The number of benzene rings is 1. The minimum atomic E-state index is -0.616. The summed E-state index contributed by atoms with van der Waals surface area (Å²) in [6.45, 7) is -0.0690. The molecular formula is C11H8O4. The van der Waals surface area contributed by atoms with Crippen LogP contribution in [0.25, 0.3) is 6.08 Å². The van der Waals surface area contributed by atoms with Crippen LogP contribution in [-0.4, -0.2) is 23.7 Å². The smallest absolute Gasteiger partial charge is 0.346 e. The molecule has 0 unspecified atom stereocenters. The average Bonchev–Trinajstić information content (AvgIpc) is 2.52. The van der Waals surface area contributed by atoms with Crippen molar-refractivity contribution < 1.29 is 19.4 Å². The maximum absolute atomic E-state index is 11.2. The first-order chi connectivity index (χ1) is 7.22. The molecule has 0 saturated heterocycles. The Morgan fingerprint density at radius 2 is 1.93 bits per heavy atom. The van der Waals surface area contributed by atoms with E-state index in [1.54, 1.807) is 30.4 Å². The lowest BCUT2D eigenvalue weighted by atomic mass is 10.1. The van der Waals surface area contributed by atoms with Crippen LogP contribution in [0.1, 0.15) is 26.3 Å². The van der Waals surface area contributed by atoms with Crippen LogP contribution < -0.4 is 0 Å². The Balaban J connectivity index is 2.43. The highest BCUT2D eigenvalue weighted by molar-refractivity contribution is 6.14. The van der Waals surface area contributed by atoms with E-state index in [4.69, 9.17) is 5.11 Å². The van der Waals surface area contributed by atoms with E-state index < -0.39 is 11.9 Å². The van der Waals surface area contributed by atoms with Crippen LogP contribution in [0.2, 0.25) is 0 Å². The molecule has 1 aliphatic rings. The third-order valence-electron chi connectivity index (χ3n) is 2.08. The topological polar surface area (TPSA) is 63.6 Å². The lowest BCUT2D eigenvalue weighted by Gasteiger charge is -1.95. The van der Waals surface area contributed by atoms with E-state index >= 15 is 0 Å². The summed E-state index contributed by atoms with van der Waals surface area (Å²) in [5.41, 5.74) is 1.32. The van der Waals surface area contributed by atoms with Crippen LogP contribution in [0, 0.1) is 0 Å². The molecule has 0 spiro atoms. The summed E-state index contributed by atoms with van der Waals surface area (Å²) in [6.07, 6.45) is 3.21. The Hall–Kier alpha value is -1.94. The molecule has 1 N–H and O–H groups in total. The number of esters is 2. The highest BCUT2D eigenvalue weighted by atomic mass is 16.6. The van der Waals surface area contributed by atoms with Crippen LogP contribution in [0.4, 0.5) is 0 Å². The number of carbonyl (C=O) groups is 2. The molecule has 0 amide bonds. The van der Waals surface area contributed by atoms with Crippen molar-refractivity contribution in [3.8, 4) is 0 Å². The van der Waals surface area contributed by atoms with Gasteiger partial charge in [0, 0.05) is 0 Å². The summed E-state index contributed by atoms with van der Waals surface area (Å²) in [5, 5.41) is 8.58. The monoisotopic (exact) mass is 204 g/mol. The Kier molecular flexibility index (Phi) is 2.35. The molecule has 4 heteroatoms. The van der Waals surface area contributed by atoms with Crippen LogP contribution in [0.3, 0.4) is 0 Å². The van der Waals surface area contributed by atoms with Gasteiger partial charge in [0.1, 0.15) is 0 Å². The number of carbonyl (C=O) groups excluding carboxylic acids is 2. The SMILES string of the molecule is O=C1OC(=O)c2cc(C=CCO)ccc21. The minimum Gasteiger partial charge on any atom is -0.392 e. The fraction of sp³-hybridized carbons (Fsp3) is 0.0909. The molecule has 0 bridgehead atoms. The number of hydrogen-bond acceptors (Lipinski definition) is 4. The molecular weight excluding hydrogens is 196 g/mol. The van der Waals surface area contributed by atoms with Gasteiger partial charge >= 0.3 is 11.9 Å². The summed E-state index contributed by atoms with van der Waals surface area (Å²) in [5.74, 6) is -1.22. The molecule has 0 aliphatic carbocycles. The normalized spacial score (nSPS) is 14.5. The van der Waals surface area contributed by atoms with E-state index in [0.29, 0.717) is 5.56 Å². The van der Waals surface area contributed by atoms with Crippen molar-refractivity contribution >= 4 is 18.0 Å². The molecule has 0 atom stereocenters. The van der Waals surface area contributed by atoms with Crippen molar-refractivity contribution in [3.63, 3.8) is 0 Å². The number of aliphatic hydroxyl groups is 1. The van der Waals surface area contributed by atoms with Crippen LogP contribution in [-0.2, 0) is 4.74 Å². The number of ether oxygens (including phenoxy) is 1. The first kappa shape index (κ1) is 9.61. The number of aliphatic hydroxyl groups excluding tert-OH is 1. The zero-order valence-corrected chi connectivity index (χ0v) is 7.77. The summed E-state index contributed by atoms with van der Waals surface area (Å²) in [4.78, 5) is 22.3. The molecule has 0 fully saturated rings. The van der Waals surface area contributed by atoms with Gasteiger partial charge in [-0.25, -0.2) is 9.59 Å². The predicted molar refractivity (Wildman–Crippen MR) is 52.3 cm³/mol. The van der Waals surface area contributed by atoms with Crippen molar-refractivity contribution in [3.05, 3.63) is 41.0 Å². The van der Waals surface area contributed by atoms with Crippen LogP contribution in [0.15, 0.2) is 24.3 Å². The Morgan fingerprint density at radius 3 is 2.67 bits per heavy atom. The van der Waals surface area contributed by atoms with Gasteiger partial charge in [-0.05, 0) is 17.7 Å². The highest BCUT2D eigenvalue weighted by Crippen LogP contribution is 2.21. The molecule has 2 rings (SSSR count). The molecule has 0 saturated carbocycles. The van der Waals surface area contributed by atoms with E-state index in [-0.39, 0.29) is 12.2 Å². The third-order valence-corrected chi connectivity index (χ3v) is 2.08. The molecule has 1 aliphatic heterocycles. The number of rotatable bonds is 2. The average molecular weight is 204 g/mol. The lowest BCUT2D eigenvalue weighted by molar-refractivity contribution is 0.0444. The van der Waals surface area contributed by atoms with Gasteiger partial charge in [0.25, 0.3) is 0 Å². The largest absolute Gasteiger partial charge is 0.392 e. The molecule has 1 aromatic carbocycles. The third kappa shape index (κ3) is 1.67. The van der Waals surface area contributed by atoms with Gasteiger partial charge in [-0.15, -0.1) is 0 Å². The number of hydrogen-bond donors (Lipinski definition) is 1. The number of fused-ring (bicyclic) bond motifs is 1. The van der Waals surface area contributed by atoms with Gasteiger partial charge in [-0.1, -0.05) is 18.2 Å². The van der Waals surface area contributed by atoms with E-state index in [1.165, 1.54) is 0 Å². The maximum atomic E-state index is 11.2. The van der Waals surface area contributed by atoms with Gasteiger partial charge in [0.2, 0.25) is 0 Å². The fourth-order valence-electron chi connectivity index (χ4n) is 1.40. The number of cyclic esters (lactones) is 2. The van der Waals surface area contributed by atoms with E-state index in [0.717, 1.165) is 5.56 Å². The molecule has 1 aromatic rings. The van der Waals surface area contributed by atoms with Crippen molar-refractivity contribution in [1.82, 2.24) is 0 Å². The van der Waals surface area contributed by atoms with Crippen molar-refractivity contribution in [2.24, 2.45) is 0 Å². The Morgan fingerprint density at radius 1 is 1.20 bits per heavy atom. The molecule has 0 radical (unpaired) electrons. The zero-order chi connectivity index (χ0) is 10.8. The van der Waals surface area contributed by atoms with Crippen LogP contribution in [0.5, 0.6) is 0 Å². The van der Waals surface area contributed by atoms with Gasteiger partial charge in [-0.3, -0.25) is 0 Å². The summed E-state index contributed by atoms with van der Waals surface area (Å²) >= 11 is 0. The summed E-state index contributed by atoms with van der Waals surface area (Å²) < 4.78 is 4.44. The molecule has 1 heterocycles.